The van der Waals surface area contributed by atoms with Gasteiger partial charge in [0.05, 0.1) is 5.69 Å². The lowest BCUT2D eigenvalue weighted by atomic mass is 9.79. The first-order valence-electron chi connectivity index (χ1n) is 9.57. The highest BCUT2D eigenvalue weighted by atomic mass is 15.3. The third kappa shape index (κ3) is 3.63. The van der Waals surface area contributed by atoms with Crippen molar-refractivity contribution in [3.63, 3.8) is 0 Å². The second-order valence-electron chi connectivity index (χ2n) is 7.71. The number of nitrogens with zero attached hydrogens (tertiary/aromatic N) is 3. The number of piperidine rings is 1. The quantitative estimate of drug-likeness (QED) is 0.904. The van der Waals surface area contributed by atoms with Crippen molar-refractivity contribution in [3.05, 3.63) is 17.0 Å². The fourth-order valence-corrected chi connectivity index (χ4v) is 4.68. The van der Waals surface area contributed by atoms with Crippen LogP contribution in [0.15, 0.2) is 0 Å². The van der Waals surface area contributed by atoms with Crippen molar-refractivity contribution in [1.29, 1.82) is 0 Å². The summed E-state index contributed by atoms with van der Waals surface area (Å²) in [5, 5.41) is 8.36. The van der Waals surface area contributed by atoms with Crippen molar-refractivity contribution in [1.82, 2.24) is 20.0 Å². The third-order valence-electron chi connectivity index (χ3n) is 6.23. The van der Waals surface area contributed by atoms with E-state index in [1.54, 1.807) is 0 Å². The van der Waals surface area contributed by atoms with E-state index in [0.29, 0.717) is 5.54 Å². The van der Waals surface area contributed by atoms with Crippen LogP contribution in [-0.2, 0) is 13.6 Å². The highest BCUT2D eigenvalue weighted by molar-refractivity contribution is 5.24. The Kier molecular flexibility index (Phi) is 5.42. The fraction of sp³-hybridized carbons (Fsp3) is 0.842. The van der Waals surface area contributed by atoms with Gasteiger partial charge in [-0.3, -0.25) is 9.58 Å². The molecule has 1 N–H and O–H groups in total. The first-order chi connectivity index (χ1) is 11.1. The second kappa shape index (κ2) is 7.35. The molecule has 1 aliphatic heterocycles. The highest BCUT2D eigenvalue weighted by Gasteiger charge is 2.37. The molecule has 0 radical (unpaired) electrons. The molecule has 2 fully saturated rings. The average molecular weight is 319 g/mol. The fourth-order valence-electron chi connectivity index (χ4n) is 4.68. The molecule has 1 aromatic rings. The number of hydrogen-bond donors (Lipinski definition) is 1. The van der Waals surface area contributed by atoms with Crippen LogP contribution in [0.4, 0.5) is 0 Å². The first-order valence-corrected chi connectivity index (χ1v) is 9.57. The number of hydrogen-bond acceptors (Lipinski definition) is 3. The number of aromatic nitrogens is 2. The van der Waals surface area contributed by atoms with Crippen LogP contribution in [0.25, 0.3) is 0 Å². The summed E-state index contributed by atoms with van der Waals surface area (Å²) in [6, 6.07) is 0. The van der Waals surface area contributed by atoms with Crippen LogP contribution >= 0.6 is 0 Å². The number of likely N-dealkylation sites (tertiary alicyclic amines) is 1. The highest BCUT2D eigenvalue weighted by Crippen LogP contribution is 2.35. The summed E-state index contributed by atoms with van der Waals surface area (Å²) in [5.41, 5.74) is 4.28. The molecule has 4 heteroatoms. The molecule has 23 heavy (non-hydrogen) atoms. The van der Waals surface area contributed by atoms with Crippen molar-refractivity contribution < 1.29 is 0 Å². The van der Waals surface area contributed by atoms with Crippen molar-refractivity contribution in [2.45, 2.75) is 77.3 Å². The van der Waals surface area contributed by atoms with Gasteiger partial charge < -0.3 is 5.32 Å². The van der Waals surface area contributed by atoms with Crippen molar-refractivity contribution in [2.75, 3.05) is 19.6 Å². The van der Waals surface area contributed by atoms with E-state index >= 15 is 0 Å². The largest absolute Gasteiger partial charge is 0.311 e. The lowest BCUT2D eigenvalue weighted by Crippen LogP contribution is -2.57. The minimum atomic E-state index is 0.419. The smallest absolute Gasteiger partial charge is 0.0641 e. The topological polar surface area (TPSA) is 33.1 Å². The van der Waals surface area contributed by atoms with Gasteiger partial charge in [0, 0.05) is 36.9 Å². The van der Waals surface area contributed by atoms with Gasteiger partial charge in [0.2, 0.25) is 0 Å². The standard InChI is InChI=1S/C19H34N4/c1-16-18(17(2)22(3)21-16)14-20-15-19(10-6-4-7-11-19)23-12-8-5-9-13-23/h20H,4-15H2,1-3H3. The summed E-state index contributed by atoms with van der Waals surface area (Å²) in [4.78, 5) is 2.83. The lowest BCUT2D eigenvalue weighted by Gasteiger charge is -2.48. The molecule has 3 rings (SSSR count). The van der Waals surface area contributed by atoms with Crippen LogP contribution in [0.1, 0.15) is 68.3 Å². The van der Waals surface area contributed by atoms with Crippen LogP contribution in [-0.4, -0.2) is 39.9 Å². The van der Waals surface area contributed by atoms with Crippen molar-refractivity contribution in [3.8, 4) is 0 Å². The zero-order valence-corrected chi connectivity index (χ0v) is 15.3. The molecule has 0 amide bonds. The van der Waals surface area contributed by atoms with Crippen LogP contribution in [0.5, 0.6) is 0 Å². The molecule has 0 unspecified atom stereocenters. The summed E-state index contributed by atoms with van der Waals surface area (Å²) in [6.45, 7) is 9.03. The van der Waals surface area contributed by atoms with E-state index in [1.165, 1.54) is 81.4 Å². The van der Waals surface area contributed by atoms with E-state index in [9.17, 15) is 0 Å². The number of nitrogens with one attached hydrogen (secondary N) is 1. The second-order valence-corrected chi connectivity index (χ2v) is 7.71. The number of aryl methyl sites for hydroxylation is 2. The predicted octanol–water partition coefficient (Wildman–Crippen LogP) is 3.32. The maximum absolute atomic E-state index is 4.55. The first kappa shape index (κ1) is 17.0. The van der Waals surface area contributed by atoms with E-state index in [0.717, 1.165) is 13.1 Å². The zero-order valence-electron chi connectivity index (χ0n) is 15.3. The monoisotopic (exact) mass is 318 g/mol. The van der Waals surface area contributed by atoms with E-state index in [1.807, 2.05) is 11.7 Å². The Morgan fingerprint density at radius 3 is 2.26 bits per heavy atom. The minimum Gasteiger partial charge on any atom is -0.311 e. The summed E-state index contributed by atoms with van der Waals surface area (Å²) in [6.07, 6.45) is 11.2. The maximum Gasteiger partial charge on any atom is 0.0641 e. The van der Waals surface area contributed by atoms with Gasteiger partial charge >= 0.3 is 0 Å². The normalized spacial score (nSPS) is 22.4. The zero-order chi connectivity index (χ0) is 16.3. The number of rotatable bonds is 5. The van der Waals surface area contributed by atoms with Crippen LogP contribution in [0.2, 0.25) is 0 Å². The maximum atomic E-state index is 4.55. The Morgan fingerprint density at radius 2 is 1.65 bits per heavy atom. The van der Waals surface area contributed by atoms with E-state index < -0.39 is 0 Å². The molecular weight excluding hydrogens is 284 g/mol. The van der Waals surface area contributed by atoms with Gasteiger partial charge in [-0.25, -0.2) is 0 Å². The minimum absolute atomic E-state index is 0.419. The molecule has 1 aromatic heterocycles. The average Bonchev–Trinajstić information content (AvgIpc) is 2.83. The molecule has 4 nitrogen and oxygen atoms in total. The van der Waals surface area contributed by atoms with E-state index in [2.05, 4.69) is 29.2 Å². The van der Waals surface area contributed by atoms with Gasteiger partial charge in [-0.15, -0.1) is 0 Å². The Bertz CT molecular complexity index is 508. The lowest BCUT2D eigenvalue weighted by molar-refractivity contribution is 0.0333. The van der Waals surface area contributed by atoms with Crippen molar-refractivity contribution >= 4 is 0 Å². The SMILES string of the molecule is Cc1nn(C)c(C)c1CNCC1(N2CCCCC2)CCCCC1. The van der Waals surface area contributed by atoms with Gasteiger partial charge in [0.25, 0.3) is 0 Å². The molecule has 1 aliphatic carbocycles. The van der Waals surface area contributed by atoms with Crippen LogP contribution in [0.3, 0.4) is 0 Å². The van der Waals surface area contributed by atoms with Gasteiger partial charge in [-0.2, -0.15) is 5.10 Å². The molecule has 0 aromatic carbocycles. The molecule has 0 atom stereocenters. The van der Waals surface area contributed by atoms with E-state index in [4.69, 9.17) is 0 Å². The molecule has 0 bridgehead atoms. The summed E-state index contributed by atoms with van der Waals surface area (Å²) >= 11 is 0. The van der Waals surface area contributed by atoms with Gasteiger partial charge in [0.1, 0.15) is 0 Å². The Hall–Kier alpha value is -0.870. The molecule has 2 aliphatic rings. The van der Waals surface area contributed by atoms with Crippen LogP contribution < -0.4 is 5.32 Å². The summed E-state index contributed by atoms with van der Waals surface area (Å²) < 4.78 is 2.01. The molecule has 1 saturated heterocycles. The Morgan fingerprint density at radius 1 is 1.00 bits per heavy atom. The Labute approximate surface area is 141 Å². The molecule has 1 saturated carbocycles. The van der Waals surface area contributed by atoms with Crippen molar-refractivity contribution in [2.24, 2.45) is 7.05 Å². The third-order valence-corrected chi connectivity index (χ3v) is 6.23. The molecule has 130 valence electrons. The summed E-state index contributed by atoms with van der Waals surface area (Å²) in [5.74, 6) is 0. The molecule has 0 spiro atoms. The van der Waals surface area contributed by atoms with E-state index in [-0.39, 0.29) is 0 Å². The summed E-state index contributed by atoms with van der Waals surface area (Å²) in [7, 11) is 2.04. The predicted molar refractivity (Wildman–Crippen MR) is 95.6 cm³/mol. The molecule has 2 heterocycles. The van der Waals surface area contributed by atoms with Crippen LogP contribution in [0, 0.1) is 13.8 Å². The molecular formula is C19H34N4. The van der Waals surface area contributed by atoms with Gasteiger partial charge in [0.15, 0.2) is 0 Å². The Balaban J connectivity index is 1.64. The van der Waals surface area contributed by atoms with Gasteiger partial charge in [-0.1, -0.05) is 25.7 Å². The van der Waals surface area contributed by atoms with Gasteiger partial charge in [-0.05, 0) is 52.6 Å².